The molecule has 0 saturated carbocycles. The lowest BCUT2D eigenvalue weighted by molar-refractivity contribution is 0.131. The molecule has 0 bridgehead atoms. The molecule has 39 heavy (non-hydrogen) atoms. The van der Waals surface area contributed by atoms with Gasteiger partial charge in [0.2, 0.25) is 9.84 Å². The molecule has 10 nitrogen and oxygen atoms in total. The third kappa shape index (κ3) is 5.18. The number of aromatic amines is 1. The zero-order chi connectivity index (χ0) is 28.3. The Hall–Kier alpha value is -4.35. The van der Waals surface area contributed by atoms with Crippen LogP contribution >= 0.6 is 0 Å². The van der Waals surface area contributed by atoms with Crippen molar-refractivity contribution in [3.05, 3.63) is 92.8 Å². The highest BCUT2D eigenvalue weighted by molar-refractivity contribution is 7.91. The summed E-state index contributed by atoms with van der Waals surface area (Å²) in [6.07, 6.45) is 1.63. The van der Waals surface area contributed by atoms with Crippen molar-refractivity contribution in [1.82, 2.24) is 9.55 Å². The number of sulfone groups is 1. The molecule has 0 atom stereocenters. The molecule has 0 aliphatic heterocycles. The number of hydrogen-bond acceptors (Lipinski definition) is 8. The molecule has 0 amide bonds. The van der Waals surface area contributed by atoms with Gasteiger partial charge in [0.05, 0.1) is 42.5 Å². The molecule has 2 heterocycles. The van der Waals surface area contributed by atoms with Crippen LogP contribution in [0.2, 0.25) is 0 Å². The van der Waals surface area contributed by atoms with E-state index in [0.29, 0.717) is 12.3 Å². The molecule has 0 aliphatic carbocycles. The average Bonchev–Trinajstić information content (AvgIpc) is 2.92. The lowest BCUT2D eigenvalue weighted by atomic mass is 10.0. The van der Waals surface area contributed by atoms with Crippen molar-refractivity contribution in [3.63, 3.8) is 0 Å². The highest BCUT2D eigenvalue weighted by atomic mass is 32.2. The van der Waals surface area contributed by atoms with Crippen LogP contribution in [0.3, 0.4) is 0 Å². The number of rotatable bonds is 9. The van der Waals surface area contributed by atoms with Crippen molar-refractivity contribution in [2.45, 2.75) is 30.2 Å². The number of methoxy groups -OCH3 is 2. The van der Waals surface area contributed by atoms with Crippen molar-refractivity contribution in [3.8, 4) is 34.1 Å². The van der Waals surface area contributed by atoms with E-state index in [1.165, 1.54) is 49.1 Å². The van der Waals surface area contributed by atoms with E-state index in [4.69, 9.17) is 14.2 Å². The van der Waals surface area contributed by atoms with Crippen LogP contribution in [0.15, 0.2) is 80.2 Å². The van der Waals surface area contributed by atoms with Crippen LogP contribution in [-0.4, -0.2) is 43.9 Å². The van der Waals surface area contributed by atoms with Crippen molar-refractivity contribution in [2.75, 3.05) is 20.8 Å². The van der Waals surface area contributed by atoms with Gasteiger partial charge in [0.15, 0.2) is 4.90 Å². The first-order valence-corrected chi connectivity index (χ1v) is 13.4. The minimum Gasteiger partial charge on any atom is -0.506 e. The van der Waals surface area contributed by atoms with Crippen LogP contribution in [0.5, 0.6) is 17.2 Å². The Morgan fingerprint density at radius 1 is 0.923 bits per heavy atom. The van der Waals surface area contributed by atoms with E-state index < -0.39 is 26.0 Å². The van der Waals surface area contributed by atoms with Crippen molar-refractivity contribution >= 4 is 9.84 Å². The maximum Gasteiger partial charge on any atom is 0.271 e. The molecule has 0 unspecified atom stereocenters. The van der Waals surface area contributed by atoms with Crippen LogP contribution in [0.4, 0.5) is 0 Å². The minimum absolute atomic E-state index is 0.00106. The molecule has 0 saturated heterocycles. The summed E-state index contributed by atoms with van der Waals surface area (Å²) >= 11 is 0. The van der Waals surface area contributed by atoms with E-state index in [1.54, 1.807) is 37.4 Å². The van der Waals surface area contributed by atoms with E-state index in [9.17, 15) is 23.1 Å². The van der Waals surface area contributed by atoms with Crippen LogP contribution < -0.4 is 20.6 Å². The Kier molecular flexibility index (Phi) is 7.93. The van der Waals surface area contributed by atoms with Crippen LogP contribution in [0, 0.1) is 6.92 Å². The van der Waals surface area contributed by atoms with Gasteiger partial charge in [-0.2, -0.15) is 0 Å². The summed E-state index contributed by atoms with van der Waals surface area (Å²) in [5.74, 6) is -0.202. The van der Waals surface area contributed by atoms with Crippen LogP contribution in [0.1, 0.15) is 18.2 Å². The number of nitrogens with one attached hydrogen (secondary N) is 1. The number of aryl methyl sites for hydroxylation is 1. The zero-order valence-corrected chi connectivity index (χ0v) is 22.7. The third-order valence-electron chi connectivity index (χ3n) is 6.11. The SMILES string of the molecule is CCOCc1[nH]c(=O)c(S(=O)(=O)c2ccc(-n3cc(C)ccc3=O)cc2)c(O)c1-c1c(OC)cccc1OC. The smallest absolute Gasteiger partial charge is 0.271 e. The number of pyridine rings is 2. The minimum atomic E-state index is -4.53. The number of nitrogens with zero attached hydrogens (tertiary/aromatic N) is 1. The van der Waals surface area contributed by atoms with E-state index >= 15 is 0 Å². The summed E-state index contributed by atoms with van der Waals surface area (Å²) in [5.41, 5.74) is 0.372. The van der Waals surface area contributed by atoms with Crippen molar-refractivity contribution in [2.24, 2.45) is 0 Å². The lowest BCUT2D eigenvalue weighted by Crippen LogP contribution is -2.21. The number of benzene rings is 2. The highest BCUT2D eigenvalue weighted by Crippen LogP contribution is 2.45. The topological polar surface area (TPSA) is 137 Å². The van der Waals surface area contributed by atoms with Gasteiger partial charge in [-0.1, -0.05) is 12.1 Å². The van der Waals surface area contributed by atoms with Gasteiger partial charge in [-0.3, -0.25) is 14.2 Å². The lowest BCUT2D eigenvalue weighted by Gasteiger charge is -2.19. The summed E-state index contributed by atoms with van der Waals surface area (Å²) in [7, 11) is -1.69. The van der Waals surface area contributed by atoms with E-state index in [2.05, 4.69) is 4.98 Å². The molecule has 0 spiro atoms. The summed E-state index contributed by atoms with van der Waals surface area (Å²) in [6, 6.07) is 13.4. The predicted octanol–water partition coefficient (Wildman–Crippen LogP) is 3.59. The number of H-pyrrole nitrogens is 1. The Bertz CT molecular complexity index is 1720. The Labute approximate surface area is 225 Å². The molecule has 4 aromatic rings. The van der Waals surface area contributed by atoms with Gasteiger partial charge in [-0.25, -0.2) is 8.42 Å². The number of ether oxygens (including phenoxy) is 3. The van der Waals surface area contributed by atoms with E-state index in [-0.39, 0.29) is 45.4 Å². The van der Waals surface area contributed by atoms with Gasteiger partial charge < -0.3 is 24.3 Å². The molecule has 2 N–H and O–H groups in total. The molecule has 204 valence electrons. The van der Waals surface area contributed by atoms with E-state index in [0.717, 1.165) is 5.56 Å². The normalized spacial score (nSPS) is 11.4. The Balaban J connectivity index is 1.93. The molecular weight excluding hydrogens is 524 g/mol. The fourth-order valence-electron chi connectivity index (χ4n) is 4.25. The number of aromatic nitrogens is 2. The maximum absolute atomic E-state index is 13.7. The van der Waals surface area contributed by atoms with E-state index in [1.807, 2.05) is 6.92 Å². The second-order valence-electron chi connectivity index (χ2n) is 8.57. The van der Waals surface area contributed by atoms with Gasteiger partial charge in [-0.05, 0) is 55.8 Å². The predicted molar refractivity (Wildman–Crippen MR) is 145 cm³/mol. The molecule has 4 rings (SSSR count). The van der Waals surface area contributed by atoms with Gasteiger partial charge in [0.1, 0.15) is 17.2 Å². The quantitative estimate of drug-likeness (QED) is 0.321. The summed E-state index contributed by atoms with van der Waals surface area (Å²) in [4.78, 5) is 26.9. The summed E-state index contributed by atoms with van der Waals surface area (Å²) < 4.78 is 45.2. The number of hydrogen-bond donors (Lipinski definition) is 2. The molecular formula is C28H28N2O8S. The second-order valence-corrected chi connectivity index (χ2v) is 10.5. The molecule has 0 fully saturated rings. The standard InChI is InChI=1S/C28H28N2O8S/c1-5-38-16-20-24(25-21(36-3)7-6-8-22(25)37-4)26(32)27(28(33)29-20)39(34,35)19-12-10-18(11-13-19)30-15-17(2)9-14-23(30)31/h6-15H,5,16H2,1-4H3,(H2,29,32,33). The Morgan fingerprint density at radius 2 is 1.56 bits per heavy atom. The van der Waals surface area contributed by atoms with Crippen LogP contribution in [-0.2, 0) is 21.2 Å². The van der Waals surface area contributed by atoms with Gasteiger partial charge in [0, 0.05) is 24.6 Å². The molecule has 0 aliphatic rings. The second kappa shape index (κ2) is 11.2. The third-order valence-corrected chi connectivity index (χ3v) is 7.91. The largest absolute Gasteiger partial charge is 0.506 e. The first-order chi connectivity index (χ1) is 18.6. The average molecular weight is 553 g/mol. The first kappa shape index (κ1) is 27.7. The monoisotopic (exact) mass is 552 g/mol. The maximum atomic E-state index is 13.7. The number of aromatic hydroxyl groups is 1. The van der Waals surface area contributed by atoms with Crippen molar-refractivity contribution in [1.29, 1.82) is 0 Å². The zero-order valence-electron chi connectivity index (χ0n) is 21.8. The Morgan fingerprint density at radius 3 is 2.15 bits per heavy atom. The van der Waals surface area contributed by atoms with Crippen molar-refractivity contribution < 1.29 is 27.7 Å². The summed E-state index contributed by atoms with van der Waals surface area (Å²) in [5, 5.41) is 11.4. The first-order valence-electron chi connectivity index (χ1n) is 12.0. The van der Waals surface area contributed by atoms with Crippen LogP contribution in [0.25, 0.3) is 16.8 Å². The molecule has 2 aromatic carbocycles. The van der Waals surface area contributed by atoms with Gasteiger partial charge >= 0.3 is 0 Å². The molecule has 2 aromatic heterocycles. The molecule has 0 radical (unpaired) electrons. The van der Waals surface area contributed by atoms with Gasteiger partial charge in [-0.15, -0.1) is 0 Å². The fourth-order valence-corrected chi connectivity index (χ4v) is 5.63. The highest BCUT2D eigenvalue weighted by Gasteiger charge is 2.32. The molecule has 11 heteroatoms. The van der Waals surface area contributed by atoms with Gasteiger partial charge in [0.25, 0.3) is 11.1 Å². The summed E-state index contributed by atoms with van der Waals surface area (Å²) in [6.45, 7) is 3.78. The fraction of sp³-hybridized carbons (Fsp3) is 0.214.